The van der Waals surface area contributed by atoms with Crippen LogP contribution in [0.1, 0.15) is 0 Å². The van der Waals surface area contributed by atoms with Gasteiger partial charge in [0.2, 0.25) is 6.41 Å². The van der Waals surface area contributed by atoms with Crippen LogP contribution in [-0.4, -0.2) is 31.3 Å². The molecule has 0 spiro atoms. The Morgan fingerprint density at radius 1 is 1.42 bits per heavy atom. The van der Waals surface area contributed by atoms with Crippen molar-refractivity contribution in [1.29, 1.82) is 0 Å². The number of aromatic hydroxyl groups is 1. The molecule has 7 nitrogen and oxygen atoms in total. The van der Waals surface area contributed by atoms with Gasteiger partial charge in [-0.15, -0.1) is 0 Å². The average molecular weight is 346 g/mol. The van der Waals surface area contributed by atoms with Gasteiger partial charge in [0, 0.05) is 23.2 Å². The van der Waals surface area contributed by atoms with E-state index in [1.807, 2.05) is 0 Å². The zero-order valence-electron chi connectivity index (χ0n) is 11.9. The maximum Gasteiger partial charge on any atom is 0.212 e. The number of amides is 1. The zero-order chi connectivity index (χ0) is 16.8. The number of halogens is 2. The smallest absolute Gasteiger partial charge is 0.212 e. The first-order valence-corrected chi connectivity index (χ1v) is 7.21. The molecule has 3 heterocycles. The van der Waals surface area contributed by atoms with Gasteiger partial charge in [-0.25, -0.2) is 8.91 Å². The van der Waals surface area contributed by atoms with Crippen LogP contribution in [0.3, 0.4) is 0 Å². The molecule has 120 valence electrons. The minimum atomic E-state index is -0.917. The molecule has 4 aromatic rings. The molecule has 0 fully saturated rings. The highest BCUT2D eigenvalue weighted by Crippen LogP contribution is 2.41. The third kappa shape index (κ3) is 2.00. The topological polar surface area (TPSA) is 95.3 Å². The van der Waals surface area contributed by atoms with Gasteiger partial charge in [0.15, 0.2) is 17.4 Å². The van der Waals surface area contributed by atoms with Gasteiger partial charge in [-0.05, 0) is 17.7 Å². The van der Waals surface area contributed by atoms with Gasteiger partial charge in [0.25, 0.3) is 0 Å². The maximum atomic E-state index is 14.2. The fraction of sp³-hybridized carbons (Fsp3) is 0. The van der Waals surface area contributed by atoms with Gasteiger partial charge in [-0.2, -0.15) is 10.2 Å². The molecule has 0 atom stereocenters. The molecule has 9 heteroatoms. The van der Waals surface area contributed by atoms with Crippen molar-refractivity contribution in [1.82, 2.24) is 19.8 Å². The number of carbonyl (C=O) groups excluding carboxylic acids is 1. The number of aromatic amines is 1. The van der Waals surface area contributed by atoms with Crippen LogP contribution >= 0.6 is 11.6 Å². The number of hydrogen-bond donors (Lipinski definition) is 3. The number of H-pyrrole nitrogens is 1. The molecule has 3 aromatic heterocycles. The van der Waals surface area contributed by atoms with Gasteiger partial charge in [-0.1, -0.05) is 11.6 Å². The van der Waals surface area contributed by atoms with Gasteiger partial charge < -0.3 is 10.4 Å². The second kappa shape index (κ2) is 5.20. The largest absolute Gasteiger partial charge is 0.503 e. The number of fused-ring (bicyclic) bond motifs is 2. The molecule has 24 heavy (non-hydrogen) atoms. The van der Waals surface area contributed by atoms with Crippen molar-refractivity contribution < 1.29 is 14.3 Å². The van der Waals surface area contributed by atoms with E-state index in [4.69, 9.17) is 11.6 Å². The molecule has 0 bridgehead atoms. The SMILES string of the molecule is O=CNc1cc2cc(-c3c(Cl)c(F)c(O)c4[nH]ncc34)ccn2n1. The molecule has 0 saturated heterocycles. The monoisotopic (exact) mass is 345 g/mol. The number of pyridine rings is 1. The Kier molecular flexibility index (Phi) is 3.14. The van der Waals surface area contributed by atoms with Gasteiger partial charge >= 0.3 is 0 Å². The quantitative estimate of drug-likeness (QED) is 0.497. The third-order valence-electron chi connectivity index (χ3n) is 3.72. The standard InChI is InChI=1S/C15H9ClFN5O2/c16-12-11(9-5-19-20-14(9)15(24)13(12)17)7-1-2-22-8(3-7)4-10(21-22)18-6-23/h1-6,24H,(H,19,20)(H,18,21,23). The second-order valence-corrected chi connectivity index (χ2v) is 5.46. The molecule has 1 aromatic carbocycles. The number of carbonyl (C=O) groups is 1. The van der Waals surface area contributed by atoms with Crippen LogP contribution in [0.15, 0.2) is 30.6 Å². The number of aromatic nitrogens is 4. The first-order chi connectivity index (χ1) is 11.6. The van der Waals surface area contributed by atoms with Crippen LogP contribution < -0.4 is 5.32 Å². The lowest BCUT2D eigenvalue weighted by atomic mass is 10.0. The van der Waals surface area contributed by atoms with Gasteiger partial charge in [-0.3, -0.25) is 9.89 Å². The van der Waals surface area contributed by atoms with Crippen molar-refractivity contribution >= 4 is 40.2 Å². The Morgan fingerprint density at radius 3 is 3.04 bits per heavy atom. The molecule has 0 saturated carbocycles. The highest BCUT2D eigenvalue weighted by Gasteiger charge is 2.21. The number of rotatable bonds is 3. The summed E-state index contributed by atoms with van der Waals surface area (Å²) in [6.45, 7) is 0. The third-order valence-corrected chi connectivity index (χ3v) is 4.08. The first kappa shape index (κ1) is 14.5. The van der Waals surface area contributed by atoms with Crippen molar-refractivity contribution in [3.05, 3.63) is 41.4 Å². The van der Waals surface area contributed by atoms with Gasteiger partial charge in [0.1, 0.15) is 5.52 Å². The molecule has 0 unspecified atom stereocenters. The molecule has 4 rings (SSSR count). The van der Waals surface area contributed by atoms with Crippen molar-refractivity contribution in [2.75, 3.05) is 5.32 Å². The predicted octanol–water partition coefficient (Wildman–Crippen LogP) is 2.94. The van der Waals surface area contributed by atoms with E-state index in [0.717, 1.165) is 0 Å². The van der Waals surface area contributed by atoms with E-state index in [2.05, 4.69) is 20.6 Å². The first-order valence-electron chi connectivity index (χ1n) is 6.83. The molecular weight excluding hydrogens is 337 g/mol. The van der Waals surface area contributed by atoms with E-state index in [9.17, 15) is 14.3 Å². The van der Waals surface area contributed by atoms with Crippen LogP contribution in [0.25, 0.3) is 27.5 Å². The summed E-state index contributed by atoms with van der Waals surface area (Å²) in [4.78, 5) is 10.5. The molecule has 0 aliphatic rings. The molecule has 0 aliphatic carbocycles. The zero-order valence-corrected chi connectivity index (χ0v) is 12.7. The molecular formula is C15H9ClFN5O2. The summed E-state index contributed by atoms with van der Waals surface area (Å²) in [5, 5.41) is 23.2. The van der Waals surface area contributed by atoms with E-state index in [0.29, 0.717) is 34.3 Å². The number of phenols is 1. The number of hydrogen-bond acceptors (Lipinski definition) is 4. The van der Waals surface area contributed by atoms with Crippen molar-refractivity contribution in [2.45, 2.75) is 0 Å². The highest BCUT2D eigenvalue weighted by molar-refractivity contribution is 6.35. The minimum absolute atomic E-state index is 0.170. The van der Waals surface area contributed by atoms with Crippen LogP contribution in [-0.2, 0) is 4.79 Å². The van der Waals surface area contributed by atoms with Crippen LogP contribution in [0.5, 0.6) is 5.75 Å². The summed E-state index contributed by atoms with van der Waals surface area (Å²) >= 11 is 6.12. The van der Waals surface area contributed by atoms with E-state index in [1.54, 1.807) is 28.9 Å². The lowest BCUT2D eigenvalue weighted by molar-refractivity contribution is -0.105. The lowest BCUT2D eigenvalue weighted by Crippen LogP contribution is -1.94. The lowest BCUT2D eigenvalue weighted by Gasteiger charge is -2.09. The number of phenolic OH excluding ortho intramolecular Hbond substituents is 1. The number of nitrogens with one attached hydrogen (secondary N) is 2. The fourth-order valence-corrected chi connectivity index (χ4v) is 2.96. The highest BCUT2D eigenvalue weighted by atomic mass is 35.5. The number of anilines is 1. The van der Waals surface area contributed by atoms with E-state index < -0.39 is 11.6 Å². The van der Waals surface area contributed by atoms with Crippen molar-refractivity contribution in [2.24, 2.45) is 0 Å². The van der Waals surface area contributed by atoms with E-state index in [-0.39, 0.29) is 10.5 Å². The number of benzene rings is 1. The average Bonchev–Trinajstić information content (AvgIpc) is 3.19. The molecule has 0 aliphatic heterocycles. The fourth-order valence-electron chi connectivity index (χ4n) is 2.66. The summed E-state index contributed by atoms with van der Waals surface area (Å²) in [5.74, 6) is -1.10. The minimum Gasteiger partial charge on any atom is -0.503 e. The summed E-state index contributed by atoms with van der Waals surface area (Å²) in [6.07, 6.45) is 3.66. The van der Waals surface area contributed by atoms with Crippen LogP contribution in [0.2, 0.25) is 5.02 Å². The Balaban J connectivity index is 1.99. The Morgan fingerprint density at radius 2 is 2.25 bits per heavy atom. The second-order valence-electron chi connectivity index (χ2n) is 5.09. The Bertz CT molecular complexity index is 1100. The summed E-state index contributed by atoms with van der Waals surface area (Å²) in [5.41, 5.74) is 1.88. The van der Waals surface area contributed by atoms with Gasteiger partial charge in [0.05, 0.1) is 16.7 Å². The summed E-state index contributed by atoms with van der Waals surface area (Å²) < 4.78 is 15.8. The van der Waals surface area contributed by atoms with E-state index >= 15 is 0 Å². The van der Waals surface area contributed by atoms with Crippen molar-refractivity contribution in [3.8, 4) is 16.9 Å². The number of nitrogens with zero attached hydrogens (tertiary/aromatic N) is 3. The van der Waals surface area contributed by atoms with Crippen LogP contribution in [0.4, 0.5) is 10.2 Å². The molecule has 1 amide bonds. The van der Waals surface area contributed by atoms with Crippen molar-refractivity contribution in [3.63, 3.8) is 0 Å². The predicted molar refractivity (Wildman–Crippen MR) is 86.6 cm³/mol. The summed E-state index contributed by atoms with van der Waals surface area (Å²) in [6, 6.07) is 5.11. The maximum absolute atomic E-state index is 14.2. The Hall–Kier alpha value is -3.13. The van der Waals surface area contributed by atoms with Crippen LogP contribution in [0, 0.1) is 5.82 Å². The normalized spacial score (nSPS) is 11.2. The Labute approximate surface area is 138 Å². The molecule has 3 N–H and O–H groups in total. The van der Waals surface area contributed by atoms with E-state index in [1.165, 1.54) is 6.20 Å². The molecule has 0 radical (unpaired) electrons. The summed E-state index contributed by atoms with van der Waals surface area (Å²) in [7, 11) is 0.